The minimum Gasteiger partial charge on any atom is -0.493 e. The molecule has 1 saturated heterocycles. The first-order valence-electron chi connectivity index (χ1n) is 7.91. The van der Waals surface area contributed by atoms with Gasteiger partial charge in [0.15, 0.2) is 11.5 Å². The molecule has 1 atom stereocenters. The van der Waals surface area contributed by atoms with Gasteiger partial charge in [0.25, 0.3) is 5.91 Å². The molecule has 1 aromatic carbocycles. The lowest BCUT2D eigenvalue weighted by Gasteiger charge is -2.25. The normalized spacial score (nSPS) is 21.1. The number of hydrogen-bond acceptors (Lipinski definition) is 6. The number of rotatable bonds is 5. The highest BCUT2D eigenvalue weighted by Gasteiger charge is 2.32. The third kappa shape index (κ3) is 3.57. The van der Waals surface area contributed by atoms with Crippen LogP contribution < -0.4 is 14.2 Å². The molecule has 2 N–H and O–H groups in total. The molecule has 1 fully saturated rings. The number of hydrogen-bond donors (Lipinski definition) is 2. The molecule has 1 aliphatic rings. The third-order valence-corrected chi connectivity index (χ3v) is 4.43. The van der Waals surface area contributed by atoms with Gasteiger partial charge < -0.3 is 29.3 Å². The summed E-state index contributed by atoms with van der Waals surface area (Å²) in [7, 11) is 4.48. The summed E-state index contributed by atoms with van der Waals surface area (Å²) < 4.78 is 15.9. The molecule has 0 aromatic heterocycles. The Morgan fingerprint density at radius 3 is 2.42 bits per heavy atom. The molecular formula is C17H25NO6. The highest BCUT2D eigenvalue weighted by atomic mass is 16.5. The van der Waals surface area contributed by atoms with E-state index < -0.39 is 5.60 Å². The van der Waals surface area contributed by atoms with Crippen molar-refractivity contribution in [2.24, 2.45) is 0 Å². The Labute approximate surface area is 141 Å². The molecule has 0 saturated carbocycles. The maximum absolute atomic E-state index is 12.9. The number of likely N-dealkylation sites (tertiary alicyclic amines) is 1. The van der Waals surface area contributed by atoms with Gasteiger partial charge in [0.1, 0.15) is 0 Å². The smallest absolute Gasteiger partial charge is 0.257 e. The Morgan fingerprint density at radius 1 is 1.12 bits per heavy atom. The zero-order valence-corrected chi connectivity index (χ0v) is 14.4. The second-order valence-electron chi connectivity index (χ2n) is 5.91. The number of carbonyl (C=O) groups is 1. The van der Waals surface area contributed by atoms with E-state index in [0.29, 0.717) is 55.2 Å². The minimum atomic E-state index is -1.11. The van der Waals surface area contributed by atoms with Crippen molar-refractivity contribution in [3.05, 3.63) is 17.7 Å². The maximum Gasteiger partial charge on any atom is 0.257 e. The van der Waals surface area contributed by atoms with E-state index in [1.165, 1.54) is 21.3 Å². The van der Waals surface area contributed by atoms with Crippen molar-refractivity contribution >= 4 is 5.91 Å². The molecule has 1 amide bonds. The van der Waals surface area contributed by atoms with E-state index in [1.54, 1.807) is 17.0 Å². The van der Waals surface area contributed by atoms with Gasteiger partial charge in [-0.05, 0) is 31.4 Å². The van der Waals surface area contributed by atoms with E-state index in [9.17, 15) is 15.0 Å². The monoisotopic (exact) mass is 339 g/mol. The second kappa shape index (κ2) is 7.72. The molecule has 7 heteroatoms. The van der Waals surface area contributed by atoms with Crippen LogP contribution in [0.15, 0.2) is 12.1 Å². The van der Waals surface area contributed by atoms with Crippen molar-refractivity contribution in [2.75, 3.05) is 41.0 Å². The van der Waals surface area contributed by atoms with Crippen LogP contribution in [-0.4, -0.2) is 67.6 Å². The molecule has 1 aliphatic heterocycles. The van der Waals surface area contributed by atoms with Crippen molar-refractivity contribution in [3.8, 4) is 17.2 Å². The predicted molar refractivity (Wildman–Crippen MR) is 87.9 cm³/mol. The summed E-state index contributed by atoms with van der Waals surface area (Å²) in [6.45, 7) is 0.584. The molecular weight excluding hydrogens is 314 g/mol. The SMILES string of the molecule is COc1ccc(C(=O)N2CCCC(O)(CO)CC2)c(OC)c1OC. The lowest BCUT2D eigenvalue weighted by atomic mass is 9.96. The Balaban J connectivity index is 2.29. The second-order valence-corrected chi connectivity index (χ2v) is 5.91. The highest BCUT2D eigenvalue weighted by molar-refractivity contribution is 5.98. The van der Waals surface area contributed by atoms with Gasteiger partial charge in [-0.1, -0.05) is 0 Å². The Hall–Kier alpha value is -1.99. The van der Waals surface area contributed by atoms with Gasteiger partial charge in [-0.25, -0.2) is 0 Å². The van der Waals surface area contributed by atoms with Gasteiger partial charge in [0, 0.05) is 13.1 Å². The fraction of sp³-hybridized carbons (Fsp3) is 0.588. The van der Waals surface area contributed by atoms with E-state index >= 15 is 0 Å². The third-order valence-electron chi connectivity index (χ3n) is 4.43. The summed E-state index contributed by atoms with van der Waals surface area (Å²) in [6.07, 6.45) is 1.43. The van der Waals surface area contributed by atoms with Crippen LogP contribution in [0.3, 0.4) is 0 Å². The minimum absolute atomic E-state index is 0.199. The summed E-state index contributed by atoms with van der Waals surface area (Å²) >= 11 is 0. The number of amides is 1. The highest BCUT2D eigenvalue weighted by Crippen LogP contribution is 2.40. The van der Waals surface area contributed by atoms with E-state index in [-0.39, 0.29) is 12.5 Å². The van der Waals surface area contributed by atoms with Gasteiger partial charge in [0.2, 0.25) is 5.75 Å². The van der Waals surface area contributed by atoms with E-state index in [4.69, 9.17) is 14.2 Å². The van der Waals surface area contributed by atoms with Crippen LogP contribution in [0.25, 0.3) is 0 Å². The Bertz CT molecular complexity index is 591. The number of aliphatic hydroxyl groups is 2. The van der Waals surface area contributed by atoms with Crippen LogP contribution in [0.4, 0.5) is 0 Å². The summed E-state index contributed by atoms with van der Waals surface area (Å²) in [5.74, 6) is 0.975. The molecule has 24 heavy (non-hydrogen) atoms. The van der Waals surface area contributed by atoms with E-state index in [2.05, 4.69) is 0 Å². The lowest BCUT2D eigenvalue weighted by Crippen LogP contribution is -2.36. The average molecular weight is 339 g/mol. The summed E-state index contributed by atoms with van der Waals surface area (Å²) in [4.78, 5) is 14.6. The largest absolute Gasteiger partial charge is 0.493 e. The first kappa shape index (κ1) is 18.4. The molecule has 2 rings (SSSR count). The number of ether oxygens (including phenoxy) is 3. The van der Waals surface area contributed by atoms with Gasteiger partial charge in [-0.2, -0.15) is 0 Å². The van der Waals surface area contributed by atoms with Crippen molar-refractivity contribution < 1.29 is 29.2 Å². The van der Waals surface area contributed by atoms with Crippen LogP contribution in [0.5, 0.6) is 17.2 Å². The molecule has 0 spiro atoms. The van der Waals surface area contributed by atoms with Crippen LogP contribution in [-0.2, 0) is 0 Å². The molecule has 1 heterocycles. The zero-order valence-electron chi connectivity index (χ0n) is 14.4. The van der Waals surface area contributed by atoms with Gasteiger partial charge in [0.05, 0.1) is 39.1 Å². The zero-order chi connectivity index (χ0) is 17.7. The summed E-state index contributed by atoms with van der Waals surface area (Å²) in [5.41, 5.74) is -0.735. The van der Waals surface area contributed by atoms with Crippen LogP contribution >= 0.6 is 0 Å². The fourth-order valence-electron chi connectivity index (χ4n) is 2.98. The van der Waals surface area contributed by atoms with Gasteiger partial charge in [-0.3, -0.25) is 4.79 Å². The number of aliphatic hydroxyl groups excluding tert-OH is 1. The molecule has 134 valence electrons. The first-order chi connectivity index (χ1) is 11.5. The quantitative estimate of drug-likeness (QED) is 0.834. The van der Waals surface area contributed by atoms with Crippen molar-refractivity contribution in [1.29, 1.82) is 0 Å². The molecule has 0 aliphatic carbocycles. The first-order valence-corrected chi connectivity index (χ1v) is 7.91. The van der Waals surface area contributed by atoms with Crippen LogP contribution in [0, 0.1) is 0 Å². The van der Waals surface area contributed by atoms with E-state index in [0.717, 1.165) is 0 Å². The topological polar surface area (TPSA) is 88.5 Å². The van der Waals surface area contributed by atoms with Gasteiger partial charge in [-0.15, -0.1) is 0 Å². The number of benzene rings is 1. The fourth-order valence-corrected chi connectivity index (χ4v) is 2.98. The Kier molecular flexibility index (Phi) is 5.90. The maximum atomic E-state index is 12.9. The molecule has 1 aromatic rings. The summed E-state index contributed by atoms with van der Waals surface area (Å²) in [5, 5.41) is 19.6. The van der Waals surface area contributed by atoms with E-state index in [1.807, 2.05) is 0 Å². The van der Waals surface area contributed by atoms with Crippen molar-refractivity contribution in [2.45, 2.75) is 24.9 Å². The molecule has 0 radical (unpaired) electrons. The van der Waals surface area contributed by atoms with Crippen LogP contribution in [0.1, 0.15) is 29.6 Å². The molecule has 7 nitrogen and oxygen atoms in total. The molecule has 0 bridgehead atoms. The molecule has 1 unspecified atom stereocenters. The number of methoxy groups -OCH3 is 3. The number of nitrogens with zero attached hydrogens (tertiary/aromatic N) is 1. The van der Waals surface area contributed by atoms with Crippen LogP contribution in [0.2, 0.25) is 0 Å². The summed E-state index contributed by atoms with van der Waals surface area (Å²) in [6, 6.07) is 3.31. The van der Waals surface area contributed by atoms with Crippen molar-refractivity contribution in [1.82, 2.24) is 4.90 Å². The average Bonchev–Trinajstić information content (AvgIpc) is 2.82. The number of carbonyl (C=O) groups excluding carboxylic acids is 1. The predicted octanol–water partition coefficient (Wildman–Crippen LogP) is 1.06. The standard InChI is InChI=1S/C17H25NO6/c1-22-13-6-5-12(14(23-2)15(13)24-3)16(20)18-9-4-7-17(21,11-19)8-10-18/h5-6,19,21H,4,7-11H2,1-3H3. The lowest BCUT2D eigenvalue weighted by molar-refractivity contribution is -0.0250. The Morgan fingerprint density at radius 2 is 1.83 bits per heavy atom. The van der Waals surface area contributed by atoms with Gasteiger partial charge >= 0.3 is 0 Å². The van der Waals surface area contributed by atoms with Crippen molar-refractivity contribution in [3.63, 3.8) is 0 Å².